The first kappa shape index (κ1) is 22.3. The first-order valence-electron chi connectivity index (χ1n) is 9.10. The molecule has 2 aromatic heterocycles. The van der Waals surface area contributed by atoms with Crippen molar-refractivity contribution in [1.82, 2.24) is 20.2 Å². The molecule has 3 aromatic rings. The van der Waals surface area contributed by atoms with Gasteiger partial charge in [0, 0.05) is 80.7 Å². The molecular formula is C19H22AcN7OS-. The molecule has 0 amide bonds. The molecule has 1 fully saturated rings. The monoisotopic (exact) mass is 623 g/mol. The van der Waals surface area contributed by atoms with Crippen molar-refractivity contribution in [2.75, 3.05) is 36.5 Å². The zero-order valence-electron chi connectivity index (χ0n) is 16.2. The fourth-order valence-electron chi connectivity index (χ4n) is 2.86. The summed E-state index contributed by atoms with van der Waals surface area (Å²) in [7, 11) is 0. The van der Waals surface area contributed by atoms with E-state index in [1.807, 2.05) is 31.2 Å². The predicted octanol–water partition coefficient (Wildman–Crippen LogP) is 4.06. The van der Waals surface area contributed by atoms with E-state index in [4.69, 9.17) is 15.5 Å². The standard InChI is InChI=1S/C19H22N7OS.Ac/c1-13-10-17(25-24-13)21-16-11-18(26-6-8-27-9-7-26)23-19(22-16)28-12-14-2-4-15(20)5-3-14;/h2-5,10-11,20H,6-9,12H2,1H3,(H2,21,22,23,24,25);/q-1;. The Labute approximate surface area is 210 Å². The molecule has 0 atom stereocenters. The summed E-state index contributed by atoms with van der Waals surface area (Å²) in [4.78, 5) is 11.6. The van der Waals surface area contributed by atoms with E-state index >= 15 is 0 Å². The molecule has 0 bridgehead atoms. The summed E-state index contributed by atoms with van der Waals surface area (Å²) in [5, 5.41) is 11.1. The number of hydrogen-bond donors (Lipinski definition) is 2. The van der Waals surface area contributed by atoms with Crippen LogP contribution < -0.4 is 10.2 Å². The number of nitrogens with zero attached hydrogens (tertiary/aromatic N) is 4. The summed E-state index contributed by atoms with van der Waals surface area (Å²) >= 11 is 1.58. The van der Waals surface area contributed by atoms with Crippen molar-refractivity contribution >= 4 is 34.9 Å². The second-order valence-electron chi connectivity index (χ2n) is 6.54. The Morgan fingerprint density at radius 3 is 2.59 bits per heavy atom. The normalized spacial score (nSPS) is 13.8. The molecule has 149 valence electrons. The molecule has 0 aliphatic carbocycles. The maximum Gasteiger partial charge on any atom is 0.191 e. The number of aryl methyl sites for hydroxylation is 1. The van der Waals surface area contributed by atoms with Crippen LogP contribution in [0.25, 0.3) is 5.73 Å². The van der Waals surface area contributed by atoms with E-state index in [-0.39, 0.29) is 44.1 Å². The van der Waals surface area contributed by atoms with Gasteiger partial charge in [-0.2, -0.15) is 5.10 Å². The van der Waals surface area contributed by atoms with Gasteiger partial charge in [0.05, 0.1) is 13.2 Å². The number of anilines is 3. The molecule has 29 heavy (non-hydrogen) atoms. The van der Waals surface area contributed by atoms with Gasteiger partial charge in [-0.3, -0.25) is 5.10 Å². The van der Waals surface area contributed by atoms with Crippen molar-refractivity contribution in [1.29, 1.82) is 0 Å². The average Bonchev–Trinajstić information content (AvgIpc) is 3.12. The van der Waals surface area contributed by atoms with Crippen LogP contribution in [0.15, 0.2) is 41.6 Å². The Balaban J connectivity index is 0.00000240. The zero-order valence-corrected chi connectivity index (χ0v) is 21.7. The van der Waals surface area contributed by atoms with Crippen LogP contribution in [0, 0.1) is 51.0 Å². The van der Waals surface area contributed by atoms with Crippen LogP contribution in [0.2, 0.25) is 0 Å². The molecule has 3 heterocycles. The quantitative estimate of drug-likeness (QED) is 0.316. The van der Waals surface area contributed by atoms with E-state index in [2.05, 4.69) is 25.4 Å². The smallest absolute Gasteiger partial charge is 0.191 e. The number of nitrogens with one attached hydrogen (secondary N) is 3. The second-order valence-corrected chi connectivity index (χ2v) is 7.48. The number of aromatic nitrogens is 4. The van der Waals surface area contributed by atoms with E-state index in [0.29, 0.717) is 29.9 Å². The van der Waals surface area contributed by atoms with E-state index in [0.717, 1.165) is 41.7 Å². The maximum atomic E-state index is 7.60. The molecule has 0 unspecified atom stereocenters. The van der Waals surface area contributed by atoms with Crippen LogP contribution >= 0.6 is 11.8 Å². The summed E-state index contributed by atoms with van der Waals surface area (Å²) in [6.45, 7) is 4.99. The minimum absolute atomic E-state index is 0. The summed E-state index contributed by atoms with van der Waals surface area (Å²) in [5.41, 5.74) is 10.2. The van der Waals surface area contributed by atoms with Gasteiger partial charge in [-0.1, -0.05) is 36.0 Å². The minimum Gasteiger partial charge on any atom is -0.699 e. The number of hydrogen-bond acceptors (Lipinski definition) is 7. The van der Waals surface area contributed by atoms with Gasteiger partial charge >= 0.3 is 0 Å². The summed E-state index contributed by atoms with van der Waals surface area (Å²) < 4.78 is 5.46. The molecule has 1 saturated heterocycles. The number of morpholine rings is 1. The molecular weight excluding hydrogens is 601 g/mol. The fraction of sp³-hybridized carbons (Fsp3) is 0.316. The van der Waals surface area contributed by atoms with E-state index in [1.54, 1.807) is 23.9 Å². The van der Waals surface area contributed by atoms with Gasteiger partial charge in [-0.05, 0) is 12.5 Å². The van der Waals surface area contributed by atoms with Gasteiger partial charge in [-0.25, -0.2) is 9.97 Å². The van der Waals surface area contributed by atoms with Gasteiger partial charge < -0.3 is 20.7 Å². The molecule has 3 N–H and O–H groups in total. The summed E-state index contributed by atoms with van der Waals surface area (Å²) in [6, 6.07) is 11.4. The number of H-pyrrole nitrogens is 1. The largest absolute Gasteiger partial charge is 0.699 e. The van der Waals surface area contributed by atoms with Crippen LogP contribution in [0.3, 0.4) is 0 Å². The topological polar surface area (TPSA) is 103 Å². The molecule has 8 nitrogen and oxygen atoms in total. The van der Waals surface area contributed by atoms with Gasteiger partial charge in [0.1, 0.15) is 11.6 Å². The summed E-state index contributed by atoms with van der Waals surface area (Å²) in [5.74, 6) is 3.07. The van der Waals surface area contributed by atoms with E-state index in [1.165, 1.54) is 0 Å². The van der Waals surface area contributed by atoms with Crippen molar-refractivity contribution in [3.63, 3.8) is 0 Å². The van der Waals surface area contributed by atoms with Gasteiger partial charge in [0.25, 0.3) is 0 Å². The van der Waals surface area contributed by atoms with Crippen molar-refractivity contribution < 1.29 is 48.8 Å². The number of thioether (sulfide) groups is 1. The molecule has 0 spiro atoms. The van der Waals surface area contributed by atoms with E-state index in [9.17, 15) is 0 Å². The number of rotatable bonds is 6. The Kier molecular flexibility index (Phi) is 8.18. The third-order valence-electron chi connectivity index (χ3n) is 4.31. The minimum atomic E-state index is 0. The van der Waals surface area contributed by atoms with Crippen molar-refractivity contribution in [3.05, 3.63) is 53.4 Å². The van der Waals surface area contributed by atoms with Crippen LogP contribution in [0.4, 0.5) is 23.1 Å². The van der Waals surface area contributed by atoms with Crippen molar-refractivity contribution in [3.8, 4) is 0 Å². The third-order valence-corrected chi connectivity index (χ3v) is 5.23. The van der Waals surface area contributed by atoms with Crippen LogP contribution in [0.1, 0.15) is 11.3 Å². The van der Waals surface area contributed by atoms with Gasteiger partial charge in [-0.15, -0.1) is 5.69 Å². The maximum absolute atomic E-state index is 7.60. The van der Waals surface area contributed by atoms with E-state index < -0.39 is 0 Å². The molecule has 1 radical (unpaired) electrons. The second kappa shape index (κ2) is 10.6. The average molecular weight is 624 g/mol. The third kappa shape index (κ3) is 6.32. The first-order valence-corrected chi connectivity index (χ1v) is 10.1. The van der Waals surface area contributed by atoms with Gasteiger partial charge in [0.2, 0.25) is 0 Å². The Morgan fingerprint density at radius 1 is 1.14 bits per heavy atom. The Hall–Kier alpha value is -1.34. The van der Waals surface area contributed by atoms with Gasteiger partial charge in [0.15, 0.2) is 11.0 Å². The molecule has 0 saturated carbocycles. The predicted molar refractivity (Wildman–Crippen MR) is 112 cm³/mol. The zero-order chi connectivity index (χ0) is 19.3. The van der Waals surface area contributed by atoms with Crippen LogP contribution in [0.5, 0.6) is 0 Å². The SMILES string of the molecule is Cc1cc(Nc2cc(N3CCOCC3)nc(SCc3ccc([NH-])cc3)n2)n[nH]1.[Ac]. The van der Waals surface area contributed by atoms with Crippen molar-refractivity contribution in [2.24, 2.45) is 0 Å². The van der Waals surface area contributed by atoms with Crippen LogP contribution in [-0.2, 0) is 10.5 Å². The molecule has 1 aromatic carbocycles. The Morgan fingerprint density at radius 2 is 1.90 bits per heavy atom. The number of aromatic amines is 1. The summed E-state index contributed by atoms with van der Waals surface area (Å²) in [6.07, 6.45) is 0. The fourth-order valence-corrected chi connectivity index (χ4v) is 3.67. The molecule has 10 heteroatoms. The van der Waals surface area contributed by atoms with Crippen LogP contribution in [-0.4, -0.2) is 46.5 Å². The molecule has 1 aliphatic heterocycles. The Bertz CT molecular complexity index is 929. The van der Waals surface area contributed by atoms with Crippen molar-refractivity contribution in [2.45, 2.75) is 17.8 Å². The number of ether oxygens (including phenoxy) is 1. The number of benzene rings is 1. The molecule has 4 rings (SSSR count). The molecule has 1 aliphatic rings. The first-order chi connectivity index (χ1) is 13.7.